The third kappa shape index (κ3) is 6.88. The van der Waals surface area contributed by atoms with Crippen LogP contribution in [0.4, 0.5) is 0 Å². The molecule has 28 heavy (non-hydrogen) atoms. The molecule has 0 fully saturated rings. The Bertz CT molecular complexity index is 770. The molecule has 0 bridgehead atoms. The first-order valence-electron chi connectivity index (χ1n) is 9.45. The molecular formula is C22H27ClN2O2S. The smallest absolute Gasteiger partial charge is 0.242 e. The zero-order chi connectivity index (χ0) is 20.4. The zero-order valence-electron chi connectivity index (χ0n) is 16.4. The number of nitrogens with zero attached hydrogens (tertiary/aromatic N) is 1. The number of carbonyl (C=O) groups excluding carboxylic acids is 2. The second kappa shape index (κ2) is 11.8. The lowest BCUT2D eigenvalue weighted by Gasteiger charge is -2.28. The Hall–Kier alpha value is -1.98. The van der Waals surface area contributed by atoms with Crippen molar-refractivity contribution in [3.63, 3.8) is 0 Å². The molecule has 4 nitrogen and oxygen atoms in total. The maximum Gasteiger partial charge on any atom is 0.242 e. The first-order chi connectivity index (χ1) is 13.5. The van der Waals surface area contributed by atoms with Gasteiger partial charge in [-0.05, 0) is 30.5 Å². The highest BCUT2D eigenvalue weighted by molar-refractivity contribution is 7.99. The fraction of sp³-hybridized carbons (Fsp3) is 0.364. The predicted molar refractivity (Wildman–Crippen MR) is 117 cm³/mol. The molecule has 0 aliphatic rings. The van der Waals surface area contributed by atoms with Crippen LogP contribution in [0.3, 0.4) is 0 Å². The quantitative estimate of drug-likeness (QED) is 0.617. The summed E-state index contributed by atoms with van der Waals surface area (Å²) in [6.45, 7) is 4.80. The maximum absolute atomic E-state index is 12.9. The first-order valence-corrected chi connectivity index (χ1v) is 11.0. The van der Waals surface area contributed by atoms with E-state index in [1.807, 2.05) is 61.5 Å². The van der Waals surface area contributed by atoms with Crippen molar-refractivity contribution in [2.75, 3.05) is 12.3 Å². The molecule has 6 heteroatoms. The van der Waals surface area contributed by atoms with Crippen LogP contribution in [0.25, 0.3) is 0 Å². The van der Waals surface area contributed by atoms with Crippen LogP contribution in [0.5, 0.6) is 0 Å². The zero-order valence-corrected chi connectivity index (χ0v) is 17.9. The van der Waals surface area contributed by atoms with Gasteiger partial charge in [0.15, 0.2) is 0 Å². The van der Waals surface area contributed by atoms with Gasteiger partial charge in [-0.2, -0.15) is 0 Å². The van der Waals surface area contributed by atoms with Crippen LogP contribution in [0.2, 0.25) is 5.02 Å². The Morgan fingerprint density at radius 3 is 2.46 bits per heavy atom. The molecule has 150 valence electrons. The third-order valence-electron chi connectivity index (χ3n) is 4.35. The van der Waals surface area contributed by atoms with Crippen LogP contribution in [-0.2, 0) is 21.9 Å². The van der Waals surface area contributed by atoms with Gasteiger partial charge < -0.3 is 10.2 Å². The Labute approximate surface area is 176 Å². The lowest BCUT2D eigenvalue weighted by Crippen LogP contribution is -2.48. The van der Waals surface area contributed by atoms with Gasteiger partial charge in [-0.15, -0.1) is 11.8 Å². The number of carbonyl (C=O) groups is 2. The Kier molecular flexibility index (Phi) is 9.38. The summed E-state index contributed by atoms with van der Waals surface area (Å²) in [7, 11) is 0. The average Bonchev–Trinajstić information content (AvgIpc) is 2.71. The lowest BCUT2D eigenvalue weighted by atomic mass is 10.1. The number of nitrogens with one attached hydrogen (secondary N) is 1. The minimum Gasteiger partial charge on any atom is -0.354 e. The molecule has 2 amide bonds. The minimum atomic E-state index is -0.528. The molecule has 0 aromatic heterocycles. The molecule has 0 saturated heterocycles. The summed E-state index contributed by atoms with van der Waals surface area (Å²) in [4.78, 5) is 27.0. The fourth-order valence-electron chi connectivity index (χ4n) is 2.71. The van der Waals surface area contributed by atoms with Crippen molar-refractivity contribution in [3.8, 4) is 0 Å². The Morgan fingerprint density at radius 2 is 1.79 bits per heavy atom. The minimum absolute atomic E-state index is 0.0555. The highest BCUT2D eigenvalue weighted by atomic mass is 35.5. The van der Waals surface area contributed by atoms with Crippen molar-refractivity contribution < 1.29 is 9.59 Å². The van der Waals surface area contributed by atoms with Crippen LogP contribution in [0.1, 0.15) is 31.4 Å². The normalized spacial score (nSPS) is 11.7. The predicted octanol–water partition coefficient (Wildman–Crippen LogP) is 4.52. The van der Waals surface area contributed by atoms with Crippen LogP contribution >= 0.6 is 23.4 Å². The van der Waals surface area contributed by atoms with Crippen LogP contribution in [0.15, 0.2) is 54.6 Å². The number of benzene rings is 2. The maximum atomic E-state index is 12.9. The molecule has 1 unspecified atom stereocenters. The molecule has 2 aromatic carbocycles. The summed E-state index contributed by atoms with van der Waals surface area (Å²) < 4.78 is 0. The van der Waals surface area contributed by atoms with Gasteiger partial charge in [0.2, 0.25) is 11.8 Å². The number of hydrogen-bond donors (Lipinski definition) is 1. The van der Waals surface area contributed by atoms with Gasteiger partial charge in [0.25, 0.3) is 0 Å². The molecule has 0 saturated carbocycles. The molecule has 0 aliphatic heterocycles. The molecule has 2 rings (SSSR count). The number of halogens is 1. The van der Waals surface area contributed by atoms with E-state index in [0.29, 0.717) is 29.6 Å². The largest absolute Gasteiger partial charge is 0.354 e. The number of hydrogen-bond acceptors (Lipinski definition) is 3. The second-order valence-electron chi connectivity index (χ2n) is 6.56. The van der Waals surface area contributed by atoms with Gasteiger partial charge in [-0.1, -0.05) is 67.1 Å². The van der Waals surface area contributed by atoms with Crippen LogP contribution in [-0.4, -0.2) is 35.1 Å². The highest BCUT2D eigenvalue weighted by Crippen LogP contribution is 2.21. The summed E-state index contributed by atoms with van der Waals surface area (Å²) in [5.41, 5.74) is 2.01. The van der Waals surface area contributed by atoms with Crippen LogP contribution in [0, 0.1) is 0 Å². The average molecular weight is 419 g/mol. The molecule has 0 heterocycles. The molecule has 1 atom stereocenters. The number of thioether (sulfide) groups is 1. The summed E-state index contributed by atoms with van der Waals surface area (Å²) >= 11 is 7.70. The van der Waals surface area contributed by atoms with E-state index < -0.39 is 6.04 Å². The molecule has 0 radical (unpaired) electrons. The molecule has 2 aromatic rings. The molecular weight excluding hydrogens is 392 g/mol. The van der Waals surface area contributed by atoms with E-state index >= 15 is 0 Å². The van der Waals surface area contributed by atoms with E-state index in [1.165, 1.54) is 11.8 Å². The standard InChI is InChI=1S/C22H27ClN2O2S/c1-3-13-24-22(27)17(2)25(14-18-9-5-4-6-10-18)21(26)16-28-15-19-11-7-8-12-20(19)23/h4-12,17H,3,13-16H2,1-2H3,(H,24,27). The van der Waals surface area contributed by atoms with Gasteiger partial charge in [0, 0.05) is 23.9 Å². The van der Waals surface area contributed by atoms with Gasteiger partial charge >= 0.3 is 0 Å². The van der Waals surface area contributed by atoms with E-state index in [0.717, 1.165) is 17.5 Å². The fourth-order valence-corrected chi connectivity index (χ4v) is 3.90. The van der Waals surface area contributed by atoms with Crippen LogP contribution < -0.4 is 5.32 Å². The summed E-state index contributed by atoms with van der Waals surface area (Å²) in [6.07, 6.45) is 0.860. The Balaban J connectivity index is 2.03. The van der Waals surface area contributed by atoms with E-state index in [9.17, 15) is 9.59 Å². The van der Waals surface area contributed by atoms with Gasteiger partial charge in [0.05, 0.1) is 5.75 Å². The van der Waals surface area contributed by atoms with E-state index in [-0.39, 0.29) is 11.8 Å². The van der Waals surface area contributed by atoms with E-state index in [2.05, 4.69) is 5.32 Å². The van der Waals surface area contributed by atoms with Crippen molar-refractivity contribution in [2.45, 2.75) is 38.6 Å². The van der Waals surface area contributed by atoms with E-state index in [1.54, 1.807) is 11.8 Å². The van der Waals surface area contributed by atoms with Crippen molar-refractivity contribution in [3.05, 3.63) is 70.7 Å². The van der Waals surface area contributed by atoms with Gasteiger partial charge in [-0.3, -0.25) is 9.59 Å². The SMILES string of the molecule is CCCNC(=O)C(C)N(Cc1ccccc1)C(=O)CSCc1ccccc1Cl. The van der Waals surface area contributed by atoms with Gasteiger partial charge in [0.1, 0.15) is 6.04 Å². The summed E-state index contributed by atoms with van der Waals surface area (Å²) in [5.74, 6) is 0.770. The third-order valence-corrected chi connectivity index (χ3v) is 5.69. The Morgan fingerprint density at radius 1 is 1.11 bits per heavy atom. The second-order valence-corrected chi connectivity index (χ2v) is 7.95. The monoisotopic (exact) mass is 418 g/mol. The van der Waals surface area contributed by atoms with Crippen molar-refractivity contribution in [1.82, 2.24) is 10.2 Å². The summed E-state index contributed by atoms with van der Waals surface area (Å²) in [6, 6.07) is 16.8. The number of rotatable bonds is 10. The van der Waals surface area contributed by atoms with Crippen molar-refractivity contribution in [1.29, 1.82) is 0 Å². The number of amides is 2. The molecule has 1 N–H and O–H groups in total. The topological polar surface area (TPSA) is 49.4 Å². The highest BCUT2D eigenvalue weighted by Gasteiger charge is 2.25. The van der Waals surface area contributed by atoms with Gasteiger partial charge in [-0.25, -0.2) is 0 Å². The first kappa shape index (κ1) is 22.3. The van der Waals surface area contributed by atoms with Crippen molar-refractivity contribution in [2.24, 2.45) is 0 Å². The lowest BCUT2D eigenvalue weighted by molar-refractivity contribution is -0.138. The summed E-state index contributed by atoms with van der Waals surface area (Å²) in [5, 5.41) is 3.59. The molecule has 0 spiro atoms. The molecule has 0 aliphatic carbocycles. The van der Waals surface area contributed by atoms with E-state index in [4.69, 9.17) is 11.6 Å². The van der Waals surface area contributed by atoms with Crippen molar-refractivity contribution >= 4 is 35.2 Å².